The SMILES string of the molecule is COc1ccc(S(=O)(=O)NC[C@@H]2CCCN(C(=O)c3ncoc3C)C2)cc1. The van der Waals surface area contributed by atoms with Crippen LogP contribution in [0.1, 0.15) is 29.1 Å². The minimum absolute atomic E-state index is 0.0444. The molecule has 1 aromatic heterocycles. The quantitative estimate of drug-likeness (QED) is 0.803. The maximum Gasteiger partial charge on any atom is 0.276 e. The number of piperidine rings is 1. The molecular formula is C18H23N3O5S. The summed E-state index contributed by atoms with van der Waals surface area (Å²) in [6, 6.07) is 6.22. The van der Waals surface area contributed by atoms with Crippen LogP contribution in [0.2, 0.25) is 0 Å². The van der Waals surface area contributed by atoms with E-state index in [0.29, 0.717) is 30.3 Å². The highest BCUT2D eigenvalue weighted by Crippen LogP contribution is 2.20. The largest absolute Gasteiger partial charge is 0.497 e. The lowest BCUT2D eigenvalue weighted by atomic mass is 9.98. The molecule has 146 valence electrons. The number of benzene rings is 1. The minimum Gasteiger partial charge on any atom is -0.497 e. The Morgan fingerprint density at radius 1 is 1.37 bits per heavy atom. The van der Waals surface area contributed by atoms with Crippen LogP contribution in [0.4, 0.5) is 0 Å². The second-order valence-electron chi connectivity index (χ2n) is 6.54. The van der Waals surface area contributed by atoms with Crippen LogP contribution in [0.15, 0.2) is 40.0 Å². The Labute approximate surface area is 158 Å². The van der Waals surface area contributed by atoms with Gasteiger partial charge in [0.05, 0.1) is 12.0 Å². The lowest BCUT2D eigenvalue weighted by Crippen LogP contribution is -2.44. The first-order valence-electron chi connectivity index (χ1n) is 8.74. The number of ether oxygens (including phenoxy) is 1. The van der Waals surface area contributed by atoms with Crippen molar-refractivity contribution in [3.8, 4) is 5.75 Å². The van der Waals surface area contributed by atoms with E-state index in [2.05, 4.69) is 9.71 Å². The van der Waals surface area contributed by atoms with E-state index in [0.717, 1.165) is 12.8 Å². The number of sulfonamides is 1. The zero-order chi connectivity index (χ0) is 19.4. The van der Waals surface area contributed by atoms with Gasteiger partial charge in [0.1, 0.15) is 11.5 Å². The summed E-state index contributed by atoms with van der Waals surface area (Å²) in [6.07, 6.45) is 2.93. The first-order valence-corrected chi connectivity index (χ1v) is 10.2. The average molecular weight is 393 g/mol. The first-order chi connectivity index (χ1) is 12.9. The topological polar surface area (TPSA) is 102 Å². The number of carbonyl (C=O) groups excluding carboxylic acids is 1. The summed E-state index contributed by atoms with van der Waals surface area (Å²) in [6.45, 7) is 3.09. The van der Waals surface area contributed by atoms with Gasteiger partial charge < -0.3 is 14.1 Å². The fourth-order valence-corrected chi connectivity index (χ4v) is 4.26. The van der Waals surface area contributed by atoms with E-state index < -0.39 is 10.0 Å². The lowest BCUT2D eigenvalue weighted by Gasteiger charge is -2.32. The Morgan fingerprint density at radius 2 is 2.11 bits per heavy atom. The van der Waals surface area contributed by atoms with Gasteiger partial charge in [-0.05, 0) is 49.9 Å². The number of amides is 1. The Morgan fingerprint density at radius 3 is 2.74 bits per heavy atom. The molecule has 1 aliphatic rings. The number of oxazole rings is 1. The van der Waals surface area contributed by atoms with Crippen molar-refractivity contribution >= 4 is 15.9 Å². The van der Waals surface area contributed by atoms with Crippen LogP contribution in [0.3, 0.4) is 0 Å². The molecule has 2 heterocycles. The fourth-order valence-electron chi connectivity index (χ4n) is 3.14. The highest BCUT2D eigenvalue weighted by Gasteiger charge is 2.28. The van der Waals surface area contributed by atoms with Crippen molar-refractivity contribution in [2.24, 2.45) is 5.92 Å². The Balaban J connectivity index is 1.60. The zero-order valence-electron chi connectivity index (χ0n) is 15.3. The van der Waals surface area contributed by atoms with Crippen molar-refractivity contribution in [3.05, 3.63) is 42.1 Å². The van der Waals surface area contributed by atoms with Crippen LogP contribution >= 0.6 is 0 Å². The van der Waals surface area contributed by atoms with Crippen LogP contribution in [-0.2, 0) is 10.0 Å². The monoisotopic (exact) mass is 393 g/mol. The number of aromatic nitrogens is 1. The molecule has 0 bridgehead atoms. The Kier molecular flexibility index (Phi) is 5.81. The average Bonchev–Trinajstić information content (AvgIpc) is 3.12. The molecular weight excluding hydrogens is 370 g/mol. The van der Waals surface area contributed by atoms with E-state index in [4.69, 9.17) is 9.15 Å². The molecule has 0 saturated carbocycles. The summed E-state index contributed by atoms with van der Waals surface area (Å²) in [4.78, 5) is 18.4. The molecule has 1 saturated heterocycles. The van der Waals surface area contributed by atoms with Crippen molar-refractivity contribution in [2.75, 3.05) is 26.7 Å². The Bertz CT molecular complexity index is 892. The standard InChI is InChI=1S/C18H23N3O5S/c1-13-17(19-12-26-13)18(22)21-9-3-4-14(11-21)10-20-27(23,24)16-7-5-15(25-2)6-8-16/h5-8,12,14,20H,3-4,9-11H2,1-2H3/t14-/m0/s1. The van der Waals surface area contributed by atoms with Gasteiger partial charge in [0.15, 0.2) is 12.1 Å². The second kappa shape index (κ2) is 8.10. The van der Waals surface area contributed by atoms with E-state index in [9.17, 15) is 13.2 Å². The number of nitrogens with zero attached hydrogens (tertiary/aromatic N) is 2. The van der Waals surface area contributed by atoms with Crippen LogP contribution in [-0.4, -0.2) is 51.0 Å². The number of nitrogens with one attached hydrogen (secondary N) is 1. The molecule has 3 rings (SSSR count). The van der Waals surface area contributed by atoms with E-state index in [-0.39, 0.29) is 23.3 Å². The van der Waals surface area contributed by atoms with Gasteiger partial charge in [-0.15, -0.1) is 0 Å². The van der Waals surface area contributed by atoms with Crippen LogP contribution in [0.5, 0.6) is 5.75 Å². The van der Waals surface area contributed by atoms with Gasteiger partial charge in [0.2, 0.25) is 10.0 Å². The molecule has 1 amide bonds. The number of aryl methyl sites for hydroxylation is 1. The van der Waals surface area contributed by atoms with Crippen LogP contribution in [0.25, 0.3) is 0 Å². The van der Waals surface area contributed by atoms with Gasteiger partial charge in [0, 0.05) is 19.6 Å². The van der Waals surface area contributed by atoms with Crippen molar-refractivity contribution in [1.82, 2.24) is 14.6 Å². The molecule has 1 aliphatic heterocycles. The number of hydrogen-bond donors (Lipinski definition) is 1. The molecule has 1 N–H and O–H groups in total. The Hall–Kier alpha value is -2.39. The molecule has 0 radical (unpaired) electrons. The molecule has 27 heavy (non-hydrogen) atoms. The predicted molar refractivity (Wildman–Crippen MR) is 98.1 cm³/mol. The summed E-state index contributed by atoms with van der Waals surface area (Å²) >= 11 is 0. The third kappa shape index (κ3) is 4.48. The summed E-state index contributed by atoms with van der Waals surface area (Å²) in [5.41, 5.74) is 0.314. The molecule has 1 atom stereocenters. The van der Waals surface area contributed by atoms with E-state index in [1.165, 1.54) is 25.6 Å². The first kappa shape index (κ1) is 19.4. The van der Waals surface area contributed by atoms with Crippen LogP contribution in [0, 0.1) is 12.8 Å². The summed E-state index contributed by atoms with van der Waals surface area (Å²) in [5.74, 6) is 0.952. The number of methoxy groups -OCH3 is 1. The molecule has 1 fully saturated rings. The van der Waals surface area contributed by atoms with Gasteiger partial charge in [-0.2, -0.15) is 0 Å². The van der Waals surface area contributed by atoms with E-state index in [1.54, 1.807) is 24.0 Å². The van der Waals surface area contributed by atoms with Gasteiger partial charge in [0.25, 0.3) is 5.91 Å². The fraction of sp³-hybridized carbons (Fsp3) is 0.444. The van der Waals surface area contributed by atoms with Crippen molar-refractivity contribution < 1.29 is 22.4 Å². The molecule has 0 aliphatic carbocycles. The molecule has 0 unspecified atom stereocenters. The minimum atomic E-state index is -3.61. The lowest BCUT2D eigenvalue weighted by molar-refractivity contribution is 0.0669. The maximum atomic E-state index is 12.6. The van der Waals surface area contributed by atoms with Gasteiger partial charge in [-0.3, -0.25) is 4.79 Å². The molecule has 1 aromatic carbocycles. The summed E-state index contributed by atoms with van der Waals surface area (Å²) in [7, 11) is -2.08. The normalized spacial score (nSPS) is 17.7. The van der Waals surface area contributed by atoms with E-state index in [1.807, 2.05) is 0 Å². The number of hydrogen-bond acceptors (Lipinski definition) is 6. The van der Waals surface area contributed by atoms with E-state index >= 15 is 0 Å². The number of carbonyl (C=O) groups is 1. The second-order valence-corrected chi connectivity index (χ2v) is 8.31. The highest BCUT2D eigenvalue weighted by atomic mass is 32.2. The maximum absolute atomic E-state index is 12.6. The predicted octanol–water partition coefficient (Wildman–Crippen LogP) is 1.82. The molecule has 0 spiro atoms. The third-order valence-corrected chi connectivity index (χ3v) is 6.12. The zero-order valence-corrected chi connectivity index (χ0v) is 16.2. The third-order valence-electron chi connectivity index (χ3n) is 4.69. The van der Waals surface area contributed by atoms with Gasteiger partial charge in [-0.25, -0.2) is 18.1 Å². The van der Waals surface area contributed by atoms with Crippen molar-refractivity contribution in [2.45, 2.75) is 24.7 Å². The highest BCUT2D eigenvalue weighted by molar-refractivity contribution is 7.89. The molecule has 9 heteroatoms. The van der Waals surface area contributed by atoms with Gasteiger partial charge in [-0.1, -0.05) is 0 Å². The van der Waals surface area contributed by atoms with Gasteiger partial charge >= 0.3 is 0 Å². The number of rotatable bonds is 6. The summed E-state index contributed by atoms with van der Waals surface area (Å²) in [5, 5.41) is 0. The molecule has 2 aromatic rings. The summed E-state index contributed by atoms with van der Waals surface area (Å²) < 4.78 is 37.7. The molecule has 8 nitrogen and oxygen atoms in total. The number of likely N-dealkylation sites (tertiary alicyclic amines) is 1. The van der Waals surface area contributed by atoms with Crippen molar-refractivity contribution in [3.63, 3.8) is 0 Å². The smallest absolute Gasteiger partial charge is 0.276 e. The van der Waals surface area contributed by atoms with Crippen molar-refractivity contribution in [1.29, 1.82) is 0 Å². The van der Waals surface area contributed by atoms with Crippen LogP contribution < -0.4 is 9.46 Å².